The molecule has 2 aromatic heterocycles. The zero-order valence-corrected chi connectivity index (χ0v) is 31.4. The third kappa shape index (κ3) is 6.59. The van der Waals surface area contributed by atoms with Crippen LogP contribution in [0.15, 0.2) is 41.2 Å². The summed E-state index contributed by atoms with van der Waals surface area (Å²) in [5.41, 5.74) is 1.34. The van der Waals surface area contributed by atoms with Gasteiger partial charge in [0.2, 0.25) is 13.1 Å². The van der Waals surface area contributed by atoms with E-state index in [0.29, 0.717) is 56.2 Å². The third-order valence-corrected chi connectivity index (χ3v) is 10.6. The smallest absolute Gasteiger partial charge is 0.407 e. The Morgan fingerprint density at radius 3 is 2.50 bits per heavy atom. The van der Waals surface area contributed by atoms with Crippen LogP contribution in [0.5, 0.6) is 17.2 Å². The Balaban J connectivity index is 1.04. The van der Waals surface area contributed by atoms with Gasteiger partial charge in [0.1, 0.15) is 37.3 Å². The van der Waals surface area contributed by atoms with Crippen LogP contribution in [-0.2, 0) is 55.7 Å². The van der Waals surface area contributed by atoms with Crippen LogP contribution >= 0.6 is 0 Å². The van der Waals surface area contributed by atoms with Crippen molar-refractivity contribution < 1.29 is 68.3 Å². The summed E-state index contributed by atoms with van der Waals surface area (Å²) >= 11 is 0. The van der Waals surface area contributed by atoms with Gasteiger partial charge in [-0.05, 0) is 55.7 Å². The lowest BCUT2D eigenvalue weighted by atomic mass is 9.86. The van der Waals surface area contributed by atoms with Crippen LogP contribution in [0, 0.1) is 0 Å². The number of rotatable bonds is 10. The fourth-order valence-electron chi connectivity index (χ4n) is 7.58. The molecular formula is C39H40N4O15. The summed E-state index contributed by atoms with van der Waals surface area (Å²) in [6.45, 7) is 4.87. The van der Waals surface area contributed by atoms with E-state index in [1.807, 2.05) is 13.8 Å². The predicted molar refractivity (Wildman–Crippen MR) is 198 cm³/mol. The molecule has 7 N–H and O–H groups in total. The SMILES string of the molecule is CC[C@@]1(O)C(=O)OCc2c1cc1n(c2=O)Cc2c-1nc1cc3c(cc1c2CNC(=O)OCc1ccc(O[C@@H]2OC(C(=O)O)[C@@H](O)[C@H](O)C2O)c(NC(C)C)c1)OCO3. The van der Waals surface area contributed by atoms with Crippen molar-refractivity contribution in [3.05, 3.63) is 74.6 Å². The number of aliphatic hydroxyl groups excluding tert-OH is 3. The number of hydrogen-bond acceptors (Lipinski definition) is 16. The first-order valence-corrected chi connectivity index (χ1v) is 18.5. The number of carboxylic acids is 1. The van der Waals surface area contributed by atoms with E-state index in [1.54, 1.807) is 37.3 Å². The van der Waals surface area contributed by atoms with Gasteiger partial charge in [-0.25, -0.2) is 19.4 Å². The number of nitrogens with zero attached hydrogens (tertiary/aromatic N) is 2. The monoisotopic (exact) mass is 804 g/mol. The molecule has 1 saturated heterocycles. The maximum absolute atomic E-state index is 13.9. The van der Waals surface area contributed by atoms with Crippen molar-refractivity contribution in [2.75, 3.05) is 12.1 Å². The van der Waals surface area contributed by atoms with E-state index >= 15 is 0 Å². The predicted octanol–water partition coefficient (Wildman–Crippen LogP) is 1.33. The summed E-state index contributed by atoms with van der Waals surface area (Å²) in [5.74, 6) is -1.32. The molecule has 1 fully saturated rings. The molecule has 0 radical (unpaired) electrons. The zero-order valence-electron chi connectivity index (χ0n) is 31.4. The standard InChI is InChI=1S/C39H40N4O15/c1-4-39(52)22-9-25-29-20(12-43(25)34(47)21(22)14-53-37(39)50)19(18-8-27-28(56-15-55-27)10-23(18)42-29)11-40-38(51)54-13-17-5-6-26(24(7-17)41-16(2)3)57-36-32(46)30(44)31(45)33(58-36)35(48)49/h5-10,16,30-33,36,41,44-46,52H,4,11-15H2,1-3H3,(H,40,51)(H,48,49)/t30-,31-,32?,33?,36+,39-/m0/s1. The molecule has 2 aromatic carbocycles. The summed E-state index contributed by atoms with van der Waals surface area (Å²) in [6.07, 6.45) is -9.79. The number of anilines is 1. The van der Waals surface area contributed by atoms with Gasteiger partial charge in [-0.15, -0.1) is 0 Å². The molecule has 0 saturated carbocycles. The fraction of sp³-hybridized carbons (Fsp3) is 0.410. The van der Waals surface area contributed by atoms with E-state index in [0.717, 1.165) is 0 Å². The Labute approximate surface area is 328 Å². The number of nitrogens with one attached hydrogen (secondary N) is 2. The summed E-state index contributed by atoms with van der Waals surface area (Å²) in [6, 6.07) is 9.61. The molecule has 0 spiro atoms. The molecular weight excluding hydrogens is 764 g/mol. The Hall–Kier alpha value is -5.99. The van der Waals surface area contributed by atoms with Crippen molar-refractivity contribution in [3.8, 4) is 28.6 Å². The highest BCUT2D eigenvalue weighted by atomic mass is 16.7. The van der Waals surface area contributed by atoms with Gasteiger partial charge in [0, 0.05) is 35.2 Å². The van der Waals surface area contributed by atoms with E-state index in [4.69, 9.17) is 33.4 Å². The number of aliphatic carboxylic acids is 1. The number of benzene rings is 2. The van der Waals surface area contributed by atoms with E-state index in [2.05, 4.69) is 10.6 Å². The molecule has 19 heteroatoms. The molecule has 1 amide bonds. The number of pyridine rings is 2. The van der Waals surface area contributed by atoms with Gasteiger partial charge < -0.3 is 69.2 Å². The molecule has 4 aliphatic heterocycles. The number of carbonyl (C=O) groups is 3. The summed E-state index contributed by atoms with van der Waals surface area (Å²) < 4.78 is 34.6. The zero-order chi connectivity index (χ0) is 41.2. The number of carbonyl (C=O) groups excluding carboxylic acids is 2. The fourth-order valence-corrected chi connectivity index (χ4v) is 7.58. The number of esters is 1. The van der Waals surface area contributed by atoms with Crippen molar-refractivity contribution >= 4 is 34.6 Å². The van der Waals surface area contributed by atoms with Gasteiger partial charge in [0.05, 0.1) is 34.7 Å². The highest BCUT2D eigenvalue weighted by Gasteiger charge is 2.49. The van der Waals surface area contributed by atoms with Gasteiger partial charge >= 0.3 is 18.0 Å². The number of hydrogen-bond donors (Lipinski definition) is 7. The summed E-state index contributed by atoms with van der Waals surface area (Å²) in [7, 11) is 0. The molecule has 8 rings (SSSR count). The number of fused-ring (bicyclic) bond motifs is 6. The molecule has 19 nitrogen and oxygen atoms in total. The average molecular weight is 805 g/mol. The minimum atomic E-state index is -2.01. The number of carboxylic acid groups (broad SMARTS) is 1. The number of aromatic nitrogens is 2. The van der Waals surface area contributed by atoms with Crippen LogP contribution < -0.4 is 30.4 Å². The number of amides is 1. The molecule has 4 aliphatic rings. The normalized spacial score (nSPS) is 24.1. The van der Waals surface area contributed by atoms with Crippen molar-refractivity contribution in [2.24, 2.45) is 0 Å². The third-order valence-electron chi connectivity index (χ3n) is 10.6. The van der Waals surface area contributed by atoms with Gasteiger partial charge in [-0.1, -0.05) is 13.0 Å². The number of alkyl carbamates (subject to hydrolysis) is 1. The lowest BCUT2D eigenvalue weighted by Crippen LogP contribution is -2.61. The van der Waals surface area contributed by atoms with Crippen LogP contribution in [0.1, 0.15) is 55.0 Å². The number of ether oxygens (including phenoxy) is 6. The van der Waals surface area contributed by atoms with Crippen LogP contribution in [0.3, 0.4) is 0 Å². The van der Waals surface area contributed by atoms with Crippen molar-refractivity contribution in [1.29, 1.82) is 0 Å². The largest absolute Gasteiger partial charge is 0.479 e. The van der Waals surface area contributed by atoms with Gasteiger partial charge in [-0.3, -0.25) is 4.79 Å². The summed E-state index contributed by atoms with van der Waals surface area (Å²) in [5, 5.41) is 58.0. The van der Waals surface area contributed by atoms with Crippen molar-refractivity contribution in [3.63, 3.8) is 0 Å². The van der Waals surface area contributed by atoms with Crippen LogP contribution in [0.25, 0.3) is 22.3 Å². The van der Waals surface area contributed by atoms with Crippen molar-refractivity contribution in [2.45, 2.75) is 95.8 Å². The molecule has 58 heavy (non-hydrogen) atoms. The second kappa shape index (κ2) is 14.7. The topological polar surface area (TPSA) is 267 Å². The van der Waals surface area contributed by atoms with Crippen LogP contribution in [-0.4, -0.2) is 96.7 Å². The molecule has 6 heterocycles. The van der Waals surface area contributed by atoms with Gasteiger partial charge in [0.15, 0.2) is 23.2 Å². The van der Waals surface area contributed by atoms with Crippen LogP contribution in [0.4, 0.5) is 10.5 Å². The molecule has 6 atom stereocenters. The first-order chi connectivity index (χ1) is 27.7. The first kappa shape index (κ1) is 38.9. The maximum Gasteiger partial charge on any atom is 0.407 e. The second-order valence-corrected chi connectivity index (χ2v) is 14.7. The second-order valence-electron chi connectivity index (χ2n) is 14.7. The minimum Gasteiger partial charge on any atom is -0.479 e. The Bertz CT molecular complexity index is 2420. The first-order valence-electron chi connectivity index (χ1n) is 18.5. The number of cyclic esters (lactones) is 1. The minimum absolute atomic E-state index is 0.0115. The lowest BCUT2D eigenvalue weighted by molar-refractivity contribution is -0.271. The Kier molecular flexibility index (Phi) is 9.88. The highest BCUT2D eigenvalue weighted by molar-refractivity contribution is 5.91. The van der Waals surface area contributed by atoms with E-state index in [9.17, 15) is 44.7 Å². The Morgan fingerprint density at radius 1 is 1.02 bits per heavy atom. The van der Waals surface area contributed by atoms with Gasteiger partial charge in [0.25, 0.3) is 5.56 Å². The Morgan fingerprint density at radius 2 is 1.78 bits per heavy atom. The van der Waals surface area contributed by atoms with Gasteiger partial charge in [-0.2, -0.15) is 0 Å². The molecule has 0 bridgehead atoms. The van der Waals surface area contributed by atoms with E-state index < -0.39 is 59.9 Å². The quantitative estimate of drug-likeness (QED) is 0.0982. The summed E-state index contributed by atoms with van der Waals surface area (Å²) in [4.78, 5) is 56.3. The lowest BCUT2D eigenvalue weighted by Gasteiger charge is -2.38. The van der Waals surface area contributed by atoms with Crippen molar-refractivity contribution in [1.82, 2.24) is 14.9 Å². The number of aliphatic hydroxyl groups is 4. The molecule has 306 valence electrons. The van der Waals surface area contributed by atoms with E-state index in [-0.39, 0.29) is 62.4 Å². The maximum atomic E-state index is 13.9. The molecule has 4 aromatic rings. The average Bonchev–Trinajstić information content (AvgIpc) is 3.81. The molecule has 2 unspecified atom stereocenters. The van der Waals surface area contributed by atoms with E-state index in [1.165, 1.54) is 10.6 Å². The molecule has 0 aliphatic carbocycles. The highest BCUT2D eigenvalue weighted by Crippen LogP contribution is 2.43. The van der Waals surface area contributed by atoms with Crippen LogP contribution in [0.2, 0.25) is 0 Å².